The van der Waals surface area contributed by atoms with Crippen molar-refractivity contribution in [2.75, 3.05) is 0 Å². The van der Waals surface area contributed by atoms with Crippen LogP contribution >= 0.6 is 0 Å². The molecule has 1 saturated heterocycles. The highest BCUT2D eigenvalue weighted by atomic mass is 28.3. The van der Waals surface area contributed by atoms with Gasteiger partial charge in [0.2, 0.25) is 0 Å². The first-order valence-electron chi connectivity index (χ1n) is 9.96. The minimum absolute atomic E-state index is 0.270. The van der Waals surface area contributed by atoms with Crippen LogP contribution in [0.1, 0.15) is 53.4 Å². The van der Waals surface area contributed by atoms with Gasteiger partial charge >= 0.3 is 7.12 Å². The van der Waals surface area contributed by atoms with Crippen molar-refractivity contribution in [3.05, 3.63) is 53.2 Å². The van der Waals surface area contributed by atoms with Gasteiger partial charge in [-0.05, 0) is 53.4 Å². The van der Waals surface area contributed by atoms with Crippen LogP contribution in [0, 0.1) is 0 Å². The van der Waals surface area contributed by atoms with E-state index in [1.165, 1.54) is 41.6 Å². The SMILES string of the molecule is CC1(C)OB(/C=C(/C2=CCCCC2)[Si](C)(C)c2ccccc2)OC1(C)C. The summed E-state index contributed by atoms with van der Waals surface area (Å²) in [5, 5.41) is 2.95. The second-order valence-corrected chi connectivity index (χ2v) is 13.5. The summed E-state index contributed by atoms with van der Waals surface area (Å²) in [6.45, 7) is 13.4. The molecule has 1 aliphatic heterocycles. The van der Waals surface area contributed by atoms with Crippen molar-refractivity contribution in [1.29, 1.82) is 0 Å². The molecule has 1 aromatic carbocycles. The molecule has 4 heteroatoms. The van der Waals surface area contributed by atoms with Crippen LogP contribution < -0.4 is 5.19 Å². The number of rotatable bonds is 4. The van der Waals surface area contributed by atoms with Gasteiger partial charge in [-0.2, -0.15) is 0 Å². The van der Waals surface area contributed by atoms with Crippen molar-refractivity contribution in [1.82, 2.24) is 0 Å². The third-order valence-electron chi connectivity index (χ3n) is 6.38. The van der Waals surface area contributed by atoms with E-state index in [-0.39, 0.29) is 18.3 Å². The molecule has 1 heterocycles. The Bertz CT molecular complexity index is 688. The van der Waals surface area contributed by atoms with Crippen molar-refractivity contribution in [2.24, 2.45) is 0 Å². The van der Waals surface area contributed by atoms with Crippen LogP contribution in [-0.2, 0) is 9.31 Å². The summed E-state index contributed by atoms with van der Waals surface area (Å²) < 4.78 is 12.6. The van der Waals surface area contributed by atoms with Crippen LogP contribution in [0.2, 0.25) is 13.1 Å². The van der Waals surface area contributed by atoms with E-state index in [1.54, 1.807) is 0 Å². The zero-order chi connectivity index (χ0) is 19.0. The van der Waals surface area contributed by atoms with Crippen molar-refractivity contribution >= 4 is 20.4 Å². The lowest BCUT2D eigenvalue weighted by Crippen LogP contribution is -2.45. The van der Waals surface area contributed by atoms with E-state index >= 15 is 0 Å². The highest BCUT2D eigenvalue weighted by Crippen LogP contribution is 2.39. The Labute approximate surface area is 160 Å². The van der Waals surface area contributed by atoms with Crippen molar-refractivity contribution in [2.45, 2.75) is 77.7 Å². The van der Waals surface area contributed by atoms with Gasteiger partial charge in [0.1, 0.15) is 8.07 Å². The smallest absolute Gasteiger partial charge is 0.400 e. The van der Waals surface area contributed by atoms with E-state index in [0.29, 0.717) is 0 Å². The summed E-state index contributed by atoms with van der Waals surface area (Å²) in [5.74, 6) is 2.30. The van der Waals surface area contributed by atoms with E-state index in [1.807, 2.05) is 0 Å². The second kappa shape index (κ2) is 7.14. The predicted octanol–water partition coefficient (Wildman–Crippen LogP) is 5.20. The molecule has 0 unspecified atom stereocenters. The molecule has 0 amide bonds. The molecule has 0 radical (unpaired) electrons. The first-order chi connectivity index (χ1) is 12.1. The average molecular weight is 368 g/mol. The Morgan fingerprint density at radius 1 is 1.00 bits per heavy atom. The maximum atomic E-state index is 6.31. The van der Waals surface area contributed by atoms with Gasteiger partial charge in [-0.3, -0.25) is 0 Å². The number of benzene rings is 1. The zero-order valence-electron chi connectivity index (χ0n) is 17.3. The zero-order valence-corrected chi connectivity index (χ0v) is 18.3. The summed E-state index contributed by atoms with van der Waals surface area (Å²) >= 11 is 0. The summed E-state index contributed by atoms with van der Waals surface area (Å²) in [6, 6.07) is 11.0. The average Bonchev–Trinajstić information content (AvgIpc) is 2.81. The van der Waals surface area contributed by atoms with E-state index in [0.717, 1.165) is 0 Å². The molecule has 1 fully saturated rings. The molecule has 140 valence electrons. The number of allylic oxidation sites excluding steroid dienone is 3. The van der Waals surface area contributed by atoms with Crippen molar-refractivity contribution in [3.63, 3.8) is 0 Å². The fourth-order valence-electron chi connectivity index (χ4n) is 3.90. The highest BCUT2D eigenvalue weighted by Gasteiger charge is 2.50. The van der Waals surface area contributed by atoms with Gasteiger partial charge in [-0.25, -0.2) is 0 Å². The molecular formula is C22H33BO2Si. The normalized spacial score (nSPS) is 23.1. The Morgan fingerprint density at radius 2 is 1.62 bits per heavy atom. The maximum Gasteiger partial charge on any atom is 0.487 e. The lowest BCUT2D eigenvalue weighted by Gasteiger charge is -2.32. The third-order valence-corrected chi connectivity index (χ3v) is 9.99. The van der Waals surface area contributed by atoms with Crippen LogP contribution in [0.4, 0.5) is 0 Å². The lowest BCUT2D eigenvalue weighted by molar-refractivity contribution is 0.00578. The molecule has 0 aromatic heterocycles. The molecule has 0 bridgehead atoms. The number of hydrogen-bond donors (Lipinski definition) is 0. The summed E-state index contributed by atoms with van der Waals surface area (Å²) in [7, 11) is -2.09. The van der Waals surface area contributed by atoms with Gasteiger partial charge in [-0.15, -0.1) is 0 Å². The molecule has 1 aromatic rings. The number of hydrogen-bond acceptors (Lipinski definition) is 2. The third kappa shape index (κ3) is 3.78. The standard InChI is InChI=1S/C22H33BO2Si/c1-21(2)22(3,4)25-23(24-21)17-20(18-13-9-7-10-14-18)26(5,6)19-15-11-8-12-16-19/h8,11-13,15-17H,7,9-10,14H2,1-6H3/b20-17-. The molecule has 3 rings (SSSR count). The fraction of sp³-hybridized carbons (Fsp3) is 0.545. The Morgan fingerprint density at radius 3 is 2.15 bits per heavy atom. The molecular weight excluding hydrogens is 335 g/mol. The Kier molecular flexibility index (Phi) is 5.40. The second-order valence-electron chi connectivity index (χ2n) is 9.17. The van der Waals surface area contributed by atoms with Crippen LogP contribution in [0.25, 0.3) is 0 Å². The molecule has 0 saturated carbocycles. The van der Waals surface area contributed by atoms with Crippen molar-refractivity contribution < 1.29 is 9.31 Å². The molecule has 2 nitrogen and oxygen atoms in total. The minimum Gasteiger partial charge on any atom is -0.400 e. The monoisotopic (exact) mass is 368 g/mol. The molecule has 0 spiro atoms. The van der Waals surface area contributed by atoms with Crippen LogP contribution in [-0.4, -0.2) is 26.4 Å². The van der Waals surface area contributed by atoms with Gasteiger partial charge in [-0.1, -0.05) is 71.4 Å². The Hall–Kier alpha value is -1.10. The van der Waals surface area contributed by atoms with Gasteiger partial charge in [0.25, 0.3) is 0 Å². The first-order valence-corrected chi connectivity index (χ1v) is 13.0. The molecule has 0 N–H and O–H groups in total. The van der Waals surface area contributed by atoms with Crippen molar-refractivity contribution in [3.8, 4) is 0 Å². The molecule has 1 aliphatic carbocycles. The summed E-state index contributed by atoms with van der Waals surface area (Å²) in [6.07, 6.45) is 7.41. The Balaban J connectivity index is 2.01. The van der Waals surface area contributed by atoms with Crippen LogP contribution in [0.15, 0.2) is 53.2 Å². The van der Waals surface area contributed by atoms with Crippen LogP contribution in [0.5, 0.6) is 0 Å². The predicted molar refractivity (Wildman–Crippen MR) is 114 cm³/mol. The van der Waals surface area contributed by atoms with E-state index in [2.05, 4.69) is 83.2 Å². The van der Waals surface area contributed by atoms with Gasteiger partial charge in [0.15, 0.2) is 0 Å². The van der Waals surface area contributed by atoms with Gasteiger partial charge in [0, 0.05) is 0 Å². The largest absolute Gasteiger partial charge is 0.487 e. The molecule has 26 heavy (non-hydrogen) atoms. The fourth-order valence-corrected chi connectivity index (χ4v) is 6.82. The lowest BCUT2D eigenvalue weighted by atomic mass is 9.87. The van der Waals surface area contributed by atoms with Crippen LogP contribution in [0.3, 0.4) is 0 Å². The van der Waals surface area contributed by atoms with E-state index in [9.17, 15) is 0 Å². The summed E-state index contributed by atoms with van der Waals surface area (Å²) in [4.78, 5) is 0. The molecule has 2 aliphatic rings. The van der Waals surface area contributed by atoms with Gasteiger partial charge in [0.05, 0.1) is 11.2 Å². The van der Waals surface area contributed by atoms with Gasteiger partial charge < -0.3 is 9.31 Å². The minimum atomic E-state index is -1.82. The first kappa shape index (κ1) is 19.7. The quantitative estimate of drug-likeness (QED) is 0.680. The van der Waals surface area contributed by atoms with E-state index in [4.69, 9.17) is 9.31 Å². The highest BCUT2D eigenvalue weighted by molar-refractivity contribution is 6.97. The maximum absolute atomic E-state index is 6.31. The topological polar surface area (TPSA) is 18.5 Å². The summed E-state index contributed by atoms with van der Waals surface area (Å²) in [5.41, 5.74) is 0.934. The van der Waals surface area contributed by atoms with E-state index < -0.39 is 8.07 Å². The molecule has 0 atom stereocenters.